The predicted molar refractivity (Wildman–Crippen MR) is 250 cm³/mol. The minimum Gasteiger partial charge on any atom is -0.444 e. The number of hydrazone groups is 1. The number of benzene rings is 2. The predicted octanol–water partition coefficient (Wildman–Crippen LogP) is 9.94. The van der Waals surface area contributed by atoms with Gasteiger partial charge in [-0.05, 0) is 111 Å². The van der Waals surface area contributed by atoms with Gasteiger partial charge in [-0.15, -0.1) is 35.1 Å². The largest absolute Gasteiger partial charge is 0.444 e. The lowest BCUT2D eigenvalue weighted by molar-refractivity contribution is 0.0939. The van der Waals surface area contributed by atoms with Crippen molar-refractivity contribution in [3.63, 3.8) is 0 Å². The quantitative estimate of drug-likeness (QED) is 0.136. The van der Waals surface area contributed by atoms with Crippen LogP contribution in [-0.2, 0) is 14.2 Å². The molecule has 0 unspecified atom stereocenters. The molecule has 7 heterocycles. The highest BCUT2D eigenvalue weighted by Crippen LogP contribution is 2.30. The average Bonchev–Trinajstić information content (AvgIpc) is 4.17. The second-order valence-electron chi connectivity index (χ2n) is 14.6. The van der Waals surface area contributed by atoms with E-state index in [9.17, 15) is 19.2 Å². The number of Topliss-reactive ketones (excluding diaryl/α,β-unsaturated/α-hetero) is 2. The summed E-state index contributed by atoms with van der Waals surface area (Å²) in [5.41, 5.74) is 6.64. The van der Waals surface area contributed by atoms with Gasteiger partial charge in [0.15, 0.2) is 11.6 Å². The van der Waals surface area contributed by atoms with E-state index in [1.807, 2.05) is 64.8 Å². The maximum absolute atomic E-state index is 12.3. The minimum atomic E-state index is -0.382. The van der Waals surface area contributed by atoms with Crippen molar-refractivity contribution in [2.24, 2.45) is 10.1 Å². The first-order valence-corrected chi connectivity index (χ1v) is 22.7. The molecule has 0 spiro atoms. The van der Waals surface area contributed by atoms with E-state index < -0.39 is 0 Å². The summed E-state index contributed by atoms with van der Waals surface area (Å²) in [5.74, 6) is 0.0474. The third-order valence-corrected chi connectivity index (χ3v) is 12.8. The fourth-order valence-electron chi connectivity index (χ4n) is 6.99. The van der Waals surface area contributed by atoms with Crippen molar-refractivity contribution in [3.05, 3.63) is 91.2 Å². The van der Waals surface area contributed by atoms with Gasteiger partial charge in [0.25, 0.3) is 0 Å². The van der Waals surface area contributed by atoms with Crippen molar-refractivity contribution in [1.82, 2.24) is 5.43 Å². The number of anilines is 4. The van der Waals surface area contributed by atoms with Gasteiger partial charge in [-0.2, -0.15) is 5.10 Å². The SMILES string of the molecule is C1CCOC1.Cl.O=C(CC[C@H]1CN(c2ccc(N3CCCC=N3)cc2)C(=O)O1)c1ccc(Cl)s1.O=C(CC[C@H]1CN(c2ccc(N3CCN=CN3)cc2)C(=O)O1)c1ccc(Cl)s1. The highest BCUT2D eigenvalue weighted by atomic mass is 35.5. The molecule has 3 saturated heterocycles. The molecule has 1 N–H and O–H groups in total. The number of aliphatic imine (C=N–C) groups is 1. The van der Waals surface area contributed by atoms with Crippen LogP contribution in [0, 0.1) is 0 Å². The van der Waals surface area contributed by atoms with Crippen LogP contribution in [0.2, 0.25) is 8.67 Å². The number of nitrogens with zero attached hydrogens (tertiary/aromatic N) is 6. The summed E-state index contributed by atoms with van der Waals surface area (Å²) in [6.45, 7) is 5.30. The number of cyclic esters (lactones) is 2. The Labute approximate surface area is 384 Å². The number of amides is 2. The smallest absolute Gasteiger partial charge is 0.414 e. The lowest BCUT2D eigenvalue weighted by atomic mass is 10.1. The van der Waals surface area contributed by atoms with E-state index in [4.69, 9.17) is 37.4 Å². The van der Waals surface area contributed by atoms with Gasteiger partial charge in [0, 0.05) is 50.2 Å². The number of nitrogens with one attached hydrogen (secondary N) is 1. The van der Waals surface area contributed by atoms with Crippen molar-refractivity contribution < 1.29 is 33.4 Å². The first-order valence-electron chi connectivity index (χ1n) is 20.3. The third-order valence-electron chi connectivity index (χ3n) is 10.3. The number of thiophene rings is 2. The average molecular weight is 945 g/mol. The van der Waals surface area contributed by atoms with Crippen LogP contribution >= 0.6 is 58.3 Å². The van der Waals surface area contributed by atoms with Crippen LogP contribution in [-0.4, -0.2) is 94.5 Å². The molecule has 2 atom stereocenters. The van der Waals surface area contributed by atoms with Gasteiger partial charge in [-0.1, -0.05) is 23.2 Å². The molecule has 9 rings (SSSR count). The molecule has 5 aliphatic heterocycles. The Kier molecular flexibility index (Phi) is 17.4. The number of ether oxygens (including phenoxy) is 3. The van der Waals surface area contributed by atoms with E-state index in [0.717, 1.165) is 68.4 Å². The van der Waals surface area contributed by atoms with E-state index in [2.05, 4.69) is 15.5 Å². The van der Waals surface area contributed by atoms with Crippen molar-refractivity contribution in [2.45, 2.75) is 63.6 Å². The Morgan fingerprint density at radius 3 is 1.63 bits per heavy atom. The van der Waals surface area contributed by atoms with Crippen LogP contribution in [0.4, 0.5) is 32.3 Å². The summed E-state index contributed by atoms with van der Waals surface area (Å²) < 4.78 is 17.0. The Bertz CT molecular complexity index is 2180. The van der Waals surface area contributed by atoms with E-state index in [0.29, 0.717) is 57.2 Å². The van der Waals surface area contributed by atoms with Gasteiger partial charge < -0.3 is 14.2 Å². The second kappa shape index (κ2) is 23.1. The minimum absolute atomic E-state index is 0. The number of rotatable bonds is 12. The zero-order valence-electron chi connectivity index (χ0n) is 33.9. The lowest BCUT2D eigenvalue weighted by Gasteiger charge is -2.26. The summed E-state index contributed by atoms with van der Waals surface area (Å²) in [5, 5.41) is 8.33. The van der Waals surface area contributed by atoms with Crippen LogP contribution < -0.4 is 25.2 Å². The molecule has 2 aromatic carbocycles. The fourth-order valence-corrected chi connectivity index (χ4v) is 9.02. The molecule has 62 heavy (non-hydrogen) atoms. The molecule has 14 nitrogen and oxygen atoms in total. The Balaban J connectivity index is 0.000000183. The summed E-state index contributed by atoms with van der Waals surface area (Å²) >= 11 is 14.3. The van der Waals surface area contributed by atoms with Crippen molar-refractivity contribution in [1.29, 1.82) is 0 Å². The first kappa shape index (κ1) is 46.8. The van der Waals surface area contributed by atoms with Crippen molar-refractivity contribution in [3.8, 4) is 0 Å². The number of hydrogen-bond acceptors (Lipinski definition) is 14. The van der Waals surface area contributed by atoms with Gasteiger partial charge in [-0.25, -0.2) is 9.59 Å². The molecule has 2 aromatic heterocycles. The maximum atomic E-state index is 12.3. The van der Waals surface area contributed by atoms with Crippen LogP contribution in [0.3, 0.4) is 0 Å². The molecule has 19 heteroatoms. The topological polar surface area (TPSA) is 146 Å². The fraction of sp³-hybridized carbons (Fsp3) is 0.395. The number of carbonyl (C=O) groups is 4. The summed E-state index contributed by atoms with van der Waals surface area (Å²) in [4.78, 5) is 57.6. The number of halogens is 3. The summed E-state index contributed by atoms with van der Waals surface area (Å²) in [6.07, 6.45) is 8.54. The molecular weight excluding hydrogens is 897 g/mol. The molecular formula is C43H48Cl3N7O7S2. The molecule has 2 amide bonds. The number of hydrazine groups is 1. The van der Waals surface area contributed by atoms with Gasteiger partial charge in [-0.3, -0.25) is 39.8 Å². The molecule has 0 radical (unpaired) electrons. The molecule has 0 bridgehead atoms. The molecule has 0 saturated carbocycles. The molecule has 5 aliphatic rings. The monoisotopic (exact) mass is 943 g/mol. The second-order valence-corrected chi connectivity index (χ2v) is 18.0. The normalized spacial score (nSPS) is 19.1. The third kappa shape index (κ3) is 12.9. The van der Waals surface area contributed by atoms with E-state index >= 15 is 0 Å². The number of hydrogen-bond donors (Lipinski definition) is 1. The number of carbonyl (C=O) groups excluding carboxylic acids is 4. The molecule has 3 fully saturated rings. The van der Waals surface area contributed by atoms with Crippen LogP contribution in [0.25, 0.3) is 0 Å². The van der Waals surface area contributed by atoms with Gasteiger partial charge >= 0.3 is 12.2 Å². The van der Waals surface area contributed by atoms with E-state index in [-0.39, 0.29) is 48.4 Å². The Hall–Kier alpha value is -4.71. The molecule has 0 aliphatic carbocycles. The zero-order valence-corrected chi connectivity index (χ0v) is 37.8. The van der Waals surface area contributed by atoms with Gasteiger partial charge in [0.1, 0.15) is 18.5 Å². The Morgan fingerprint density at radius 1 is 0.694 bits per heavy atom. The van der Waals surface area contributed by atoms with Crippen molar-refractivity contribution >= 4 is 117 Å². The standard InChI is InChI=1S/C20H20ClN3O3S.C19H19ClN4O3S.C4H8O.ClH/c21-19-10-9-18(28-19)17(25)8-7-16-13-23(20(26)27-16)14-3-5-15(6-4-14)24-12-2-1-11-22-24;20-18-8-7-17(28-18)16(25)6-5-15-11-23(19(26)27-15)13-1-3-14(4-2-13)24-10-9-21-12-22-24;1-2-4-5-3-1;/h3-6,9-11,16H,1-2,7-8,12-13H2;1-4,7-8,12,15H,5-6,9-11H2,(H,21,22);1-4H2;1H/t16-;15-;;/m00../s1. The summed E-state index contributed by atoms with van der Waals surface area (Å²) in [6, 6.07) is 22.3. The summed E-state index contributed by atoms with van der Waals surface area (Å²) in [7, 11) is 0. The van der Waals surface area contributed by atoms with E-state index in [1.54, 1.807) is 40.4 Å². The maximum Gasteiger partial charge on any atom is 0.414 e. The molecule has 4 aromatic rings. The van der Waals surface area contributed by atoms with Gasteiger partial charge in [0.05, 0.1) is 56.0 Å². The number of ketones is 2. The van der Waals surface area contributed by atoms with Crippen LogP contribution in [0.5, 0.6) is 0 Å². The van der Waals surface area contributed by atoms with E-state index in [1.165, 1.54) is 35.5 Å². The highest BCUT2D eigenvalue weighted by molar-refractivity contribution is 7.18. The molecule has 330 valence electrons. The highest BCUT2D eigenvalue weighted by Gasteiger charge is 2.34. The zero-order chi connectivity index (χ0) is 42.6. The first-order chi connectivity index (χ1) is 29.7. The van der Waals surface area contributed by atoms with Gasteiger partial charge in [0.2, 0.25) is 0 Å². The Morgan fingerprint density at radius 2 is 1.21 bits per heavy atom. The lowest BCUT2D eigenvalue weighted by Crippen LogP contribution is -2.42. The van der Waals surface area contributed by atoms with Crippen LogP contribution in [0.15, 0.2) is 82.9 Å². The van der Waals surface area contributed by atoms with Crippen molar-refractivity contribution in [2.75, 3.05) is 65.8 Å². The van der Waals surface area contributed by atoms with Crippen LogP contribution in [0.1, 0.15) is 70.7 Å².